The molecule has 120 valence electrons. The van der Waals surface area contributed by atoms with Crippen molar-refractivity contribution in [1.29, 1.82) is 0 Å². The fourth-order valence-corrected chi connectivity index (χ4v) is 1.40. The summed E-state index contributed by atoms with van der Waals surface area (Å²) in [4.78, 5) is 11.7. The average Bonchev–Trinajstić information content (AvgIpc) is 2.36. The molecule has 9 heteroatoms. The lowest BCUT2D eigenvalue weighted by Crippen LogP contribution is -2.27. The molecule has 0 aliphatic carbocycles. The molecule has 1 rings (SSSR count). The van der Waals surface area contributed by atoms with Gasteiger partial charge in [-0.2, -0.15) is 13.2 Å². The van der Waals surface area contributed by atoms with Crippen molar-refractivity contribution < 1.29 is 22.7 Å². The van der Waals surface area contributed by atoms with E-state index in [2.05, 4.69) is 10.1 Å². The van der Waals surface area contributed by atoms with Crippen LogP contribution in [-0.2, 0) is 4.79 Å². The SMILES string of the molecule is CC(CN)C(=O)Nc1ccc(Cl)cc1OCC(F)(F)F.Cl. The van der Waals surface area contributed by atoms with E-state index >= 15 is 0 Å². The van der Waals surface area contributed by atoms with E-state index in [1.807, 2.05) is 0 Å². The van der Waals surface area contributed by atoms with Crippen LogP contribution in [0.1, 0.15) is 6.92 Å². The summed E-state index contributed by atoms with van der Waals surface area (Å²) in [5.74, 6) is -1.03. The zero-order chi connectivity index (χ0) is 15.3. The van der Waals surface area contributed by atoms with Crippen LogP contribution in [0.2, 0.25) is 5.02 Å². The van der Waals surface area contributed by atoms with E-state index in [1.54, 1.807) is 6.92 Å². The fourth-order valence-electron chi connectivity index (χ4n) is 1.24. The van der Waals surface area contributed by atoms with Gasteiger partial charge in [0.2, 0.25) is 5.91 Å². The molecule has 1 aromatic rings. The van der Waals surface area contributed by atoms with Gasteiger partial charge in [-0.1, -0.05) is 18.5 Å². The Labute approximate surface area is 131 Å². The molecule has 21 heavy (non-hydrogen) atoms. The minimum atomic E-state index is -4.48. The second-order valence-corrected chi connectivity index (χ2v) is 4.61. The molecule has 0 radical (unpaired) electrons. The number of carbonyl (C=O) groups excluding carboxylic acids is 1. The number of alkyl halides is 3. The third-order valence-electron chi connectivity index (χ3n) is 2.39. The van der Waals surface area contributed by atoms with Gasteiger partial charge >= 0.3 is 6.18 Å². The van der Waals surface area contributed by atoms with Gasteiger partial charge in [0.15, 0.2) is 6.61 Å². The maximum absolute atomic E-state index is 12.2. The van der Waals surface area contributed by atoms with Crippen molar-refractivity contribution in [3.63, 3.8) is 0 Å². The van der Waals surface area contributed by atoms with E-state index < -0.39 is 24.6 Å². The van der Waals surface area contributed by atoms with Crippen LogP contribution in [0.3, 0.4) is 0 Å². The number of amides is 1. The van der Waals surface area contributed by atoms with Gasteiger partial charge in [0.25, 0.3) is 0 Å². The Morgan fingerprint density at radius 1 is 1.48 bits per heavy atom. The number of hydrogen-bond donors (Lipinski definition) is 2. The summed E-state index contributed by atoms with van der Waals surface area (Å²) in [7, 11) is 0. The first kappa shape index (κ1) is 19.8. The lowest BCUT2D eigenvalue weighted by Gasteiger charge is -2.15. The summed E-state index contributed by atoms with van der Waals surface area (Å²) >= 11 is 5.70. The number of hydrogen-bond acceptors (Lipinski definition) is 3. The summed E-state index contributed by atoms with van der Waals surface area (Å²) in [5.41, 5.74) is 5.46. The summed E-state index contributed by atoms with van der Waals surface area (Å²) < 4.78 is 41.1. The van der Waals surface area contributed by atoms with Crippen LogP contribution in [0.25, 0.3) is 0 Å². The molecule has 0 bridgehead atoms. The van der Waals surface area contributed by atoms with E-state index in [1.165, 1.54) is 18.2 Å². The number of anilines is 1. The Morgan fingerprint density at radius 2 is 2.10 bits per heavy atom. The normalized spacial score (nSPS) is 12.3. The van der Waals surface area contributed by atoms with Crippen molar-refractivity contribution >= 4 is 35.6 Å². The zero-order valence-corrected chi connectivity index (χ0v) is 12.6. The van der Waals surface area contributed by atoms with Crippen molar-refractivity contribution in [1.82, 2.24) is 0 Å². The summed E-state index contributed by atoms with van der Waals surface area (Å²) in [6.45, 7) is 0.252. The van der Waals surface area contributed by atoms with Crippen molar-refractivity contribution in [2.75, 3.05) is 18.5 Å². The number of rotatable bonds is 5. The first-order valence-electron chi connectivity index (χ1n) is 5.73. The molecule has 1 unspecified atom stereocenters. The molecule has 0 aliphatic rings. The molecule has 1 aromatic carbocycles. The molecule has 0 spiro atoms. The molecule has 0 heterocycles. The lowest BCUT2D eigenvalue weighted by molar-refractivity contribution is -0.153. The van der Waals surface area contributed by atoms with Crippen LogP contribution in [0.5, 0.6) is 5.75 Å². The molecule has 0 saturated heterocycles. The number of benzene rings is 1. The van der Waals surface area contributed by atoms with Crippen molar-refractivity contribution in [3.8, 4) is 5.75 Å². The van der Waals surface area contributed by atoms with Crippen molar-refractivity contribution in [3.05, 3.63) is 23.2 Å². The number of halogens is 5. The van der Waals surface area contributed by atoms with Crippen LogP contribution in [0.15, 0.2) is 18.2 Å². The van der Waals surface area contributed by atoms with E-state index in [0.717, 1.165) is 0 Å². The molecule has 1 amide bonds. The third-order valence-corrected chi connectivity index (χ3v) is 2.63. The van der Waals surface area contributed by atoms with Crippen molar-refractivity contribution in [2.45, 2.75) is 13.1 Å². The van der Waals surface area contributed by atoms with Crippen molar-refractivity contribution in [2.24, 2.45) is 11.7 Å². The zero-order valence-electron chi connectivity index (χ0n) is 11.0. The fraction of sp³-hybridized carbons (Fsp3) is 0.417. The van der Waals surface area contributed by atoms with Gasteiger partial charge in [-0.05, 0) is 12.1 Å². The first-order chi connectivity index (χ1) is 9.23. The lowest BCUT2D eigenvalue weighted by atomic mass is 10.1. The molecule has 0 aliphatic heterocycles. The van der Waals surface area contributed by atoms with Crippen LogP contribution in [-0.4, -0.2) is 25.2 Å². The standard InChI is InChI=1S/C12H14ClF3N2O2.ClH/c1-7(5-17)11(19)18-9-3-2-8(13)4-10(9)20-6-12(14,15)16;/h2-4,7H,5-6,17H2,1H3,(H,18,19);1H. The van der Waals surface area contributed by atoms with Crippen LogP contribution < -0.4 is 15.8 Å². The van der Waals surface area contributed by atoms with E-state index in [0.29, 0.717) is 0 Å². The Bertz CT molecular complexity index is 484. The summed E-state index contributed by atoms with van der Waals surface area (Å²) in [5, 5.41) is 2.66. The molecule has 4 nitrogen and oxygen atoms in total. The minimum Gasteiger partial charge on any atom is -0.482 e. The molecular formula is C12H15Cl2F3N2O2. The molecule has 1 atom stereocenters. The molecule has 3 N–H and O–H groups in total. The first-order valence-corrected chi connectivity index (χ1v) is 6.10. The number of carbonyl (C=O) groups is 1. The van der Waals surface area contributed by atoms with Gasteiger partial charge in [0, 0.05) is 23.6 Å². The number of ether oxygens (including phenoxy) is 1. The smallest absolute Gasteiger partial charge is 0.422 e. The second-order valence-electron chi connectivity index (χ2n) is 4.17. The van der Waals surface area contributed by atoms with Gasteiger partial charge < -0.3 is 15.8 Å². The quantitative estimate of drug-likeness (QED) is 0.860. The highest BCUT2D eigenvalue weighted by atomic mass is 35.5. The van der Waals surface area contributed by atoms with Gasteiger partial charge in [-0.3, -0.25) is 4.79 Å². The highest BCUT2D eigenvalue weighted by molar-refractivity contribution is 6.30. The average molecular weight is 347 g/mol. The van der Waals surface area contributed by atoms with Gasteiger partial charge in [-0.25, -0.2) is 0 Å². The van der Waals surface area contributed by atoms with E-state index in [9.17, 15) is 18.0 Å². The Hall–Kier alpha value is -1.18. The Morgan fingerprint density at radius 3 is 2.62 bits per heavy atom. The Balaban J connectivity index is 0.00000400. The Kier molecular flexibility index (Phi) is 7.84. The molecule has 0 aromatic heterocycles. The minimum absolute atomic E-state index is 0. The molecule has 0 saturated carbocycles. The summed E-state index contributed by atoms with van der Waals surface area (Å²) in [6, 6.07) is 4.01. The van der Waals surface area contributed by atoms with E-state index in [-0.39, 0.29) is 35.4 Å². The second kappa shape index (κ2) is 8.31. The predicted octanol–water partition coefficient (Wildman–Crippen LogP) is 3.24. The van der Waals surface area contributed by atoms with Crippen LogP contribution in [0.4, 0.5) is 18.9 Å². The van der Waals surface area contributed by atoms with Gasteiger partial charge in [0.05, 0.1) is 5.69 Å². The topological polar surface area (TPSA) is 64.4 Å². The monoisotopic (exact) mass is 346 g/mol. The van der Waals surface area contributed by atoms with Gasteiger partial charge in [0.1, 0.15) is 5.75 Å². The van der Waals surface area contributed by atoms with Crippen LogP contribution >= 0.6 is 24.0 Å². The highest BCUT2D eigenvalue weighted by Crippen LogP contribution is 2.30. The number of nitrogens with two attached hydrogens (primary N) is 1. The van der Waals surface area contributed by atoms with Gasteiger partial charge in [-0.15, -0.1) is 12.4 Å². The maximum Gasteiger partial charge on any atom is 0.422 e. The predicted molar refractivity (Wildman–Crippen MR) is 77.1 cm³/mol. The maximum atomic E-state index is 12.2. The molecular weight excluding hydrogens is 332 g/mol. The van der Waals surface area contributed by atoms with Crippen LogP contribution in [0, 0.1) is 5.92 Å². The molecule has 0 fully saturated rings. The largest absolute Gasteiger partial charge is 0.482 e. The third kappa shape index (κ3) is 6.88. The van der Waals surface area contributed by atoms with E-state index in [4.69, 9.17) is 17.3 Å². The highest BCUT2D eigenvalue weighted by Gasteiger charge is 2.29. The summed E-state index contributed by atoms with van der Waals surface area (Å²) in [6.07, 6.45) is -4.48. The number of nitrogens with one attached hydrogen (secondary N) is 1.